The Kier molecular flexibility index (Phi) is 3.76. The van der Waals surface area contributed by atoms with Gasteiger partial charge in [0, 0.05) is 16.0 Å². The summed E-state index contributed by atoms with van der Waals surface area (Å²) in [5.74, 6) is -0.880. The Morgan fingerprint density at radius 1 is 0.619 bits per heavy atom. The van der Waals surface area contributed by atoms with Crippen molar-refractivity contribution in [2.75, 3.05) is 0 Å². The topological polar surface area (TPSA) is 0 Å². The highest BCUT2D eigenvalue weighted by atomic mass is 32.1. The number of hydrogen-bond donors (Lipinski definition) is 1. The number of rotatable bonds is 2. The van der Waals surface area contributed by atoms with Gasteiger partial charge in [-0.1, -0.05) is 42.5 Å². The molecular weight excluding hydrogens is 286 g/mol. The van der Waals surface area contributed by atoms with Crippen molar-refractivity contribution >= 4 is 12.6 Å². The van der Waals surface area contributed by atoms with E-state index in [4.69, 9.17) is 0 Å². The zero-order valence-corrected chi connectivity index (χ0v) is 11.9. The smallest absolute Gasteiger partial charge is 0.131 e. The van der Waals surface area contributed by atoms with E-state index >= 15 is 0 Å². The highest BCUT2D eigenvalue weighted by Gasteiger charge is 2.12. The third-order valence-electron chi connectivity index (χ3n) is 3.32. The summed E-state index contributed by atoms with van der Waals surface area (Å²) in [5, 5.41) is 0. The zero-order chi connectivity index (χ0) is 14.8. The second-order valence-electron chi connectivity index (χ2n) is 4.72. The van der Waals surface area contributed by atoms with E-state index in [1.807, 2.05) is 6.07 Å². The molecule has 0 heterocycles. The molecule has 0 aromatic heterocycles. The highest BCUT2D eigenvalue weighted by molar-refractivity contribution is 7.80. The maximum Gasteiger partial charge on any atom is 0.131 e. The van der Waals surface area contributed by atoms with Crippen molar-refractivity contribution < 1.29 is 8.78 Å². The molecule has 0 unspecified atom stereocenters. The Morgan fingerprint density at radius 3 is 1.62 bits per heavy atom. The van der Waals surface area contributed by atoms with Crippen LogP contribution in [0.4, 0.5) is 8.78 Å². The third-order valence-corrected chi connectivity index (χ3v) is 3.62. The molecule has 0 radical (unpaired) electrons. The fourth-order valence-electron chi connectivity index (χ4n) is 2.25. The second-order valence-corrected chi connectivity index (χ2v) is 5.24. The quantitative estimate of drug-likeness (QED) is 0.586. The van der Waals surface area contributed by atoms with E-state index in [0.29, 0.717) is 11.1 Å². The summed E-state index contributed by atoms with van der Waals surface area (Å²) in [4.78, 5) is 0.778. The highest BCUT2D eigenvalue weighted by Crippen LogP contribution is 2.31. The van der Waals surface area contributed by atoms with E-state index in [0.717, 1.165) is 4.90 Å². The maximum absolute atomic E-state index is 14.3. The van der Waals surface area contributed by atoms with Gasteiger partial charge >= 0.3 is 0 Å². The van der Waals surface area contributed by atoms with E-state index in [-0.39, 0.29) is 11.1 Å². The first kappa shape index (κ1) is 13.8. The van der Waals surface area contributed by atoms with Crippen LogP contribution in [0.5, 0.6) is 0 Å². The van der Waals surface area contributed by atoms with Crippen molar-refractivity contribution in [3.63, 3.8) is 0 Å². The maximum atomic E-state index is 14.3. The third kappa shape index (κ3) is 2.83. The Hall–Kier alpha value is -2.13. The van der Waals surface area contributed by atoms with Crippen molar-refractivity contribution in [2.45, 2.75) is 4.90 Å². The van der Waals surface area contributed by atoms with Gasteiger partial charge in [0.2, 0.25) is 0 Å². The van der Waals surface area contributed by atoms with Gasteiger partial charge in [-0.25, -0.2) is 8.78 Å². The van der Waals surface area contributed by atoms with Crippen LogP contribution in [0.3, 0.4) is 0 Å². The van der Waals surface area contributed by atoms with Gasteiger partial charge in [-0.2, -0.15) is 0 Å². The summed E-state index contributed by atoms with van der Waals surface area (Å²) in [6.07, 6.45) is 0. The molecule has 0 fully saturated rings. The predicted molar refractivity (Wildman–Crippen MR) is 84.5 cm³/mol. The molecule has 0 nitrogen and oxygen atoms in total. The molecule has 3 aromatic carbocycles. The first-order chi connectivity index (χ1) is 10.1. The van der Waals surface area contributed by atoms with Gasteiger partial charge in [0.05, 0.1) is 0 Å². The lowest BCUT2D eigenvalue weighted by Crippen LogP contribution is -1.91. The van der Waals surface area contributed by atoms with Crippen LogP contribution in [0.2, 0.25) is 0 Å². The van der Waals surface area contributed by atoms with E-state index in [1.54, 1.807) is 48.5 Å². The summed E-state index contributed by atoms with van der Waals surface area (Å²) in [7, 11) is 0. The molecule has 3 heteroatoms. The summed E-state index contributed by atoms with van der Waals surface area (Å²) in [6, 6.07) is 18.4. The molecule has 3 aromatic rings. The second kappa shape index (κ2) is 5.70. The lowest BCUT2D eigenvalue weighted by atomic mass is 9.99. The van der Waals surface area contributed by atoms with Crippen LogP contribution in [-0.4, -0.2) is 0 Å². The summed E-state index contributed by atoms with van der Waals surface area (Å²) >= 11 is 4.19. The van der Waals surface area contributed by atoms with Gasteiger partial charge in [0.1, 0.15) is 11.6 Å². The number of halogens is 2. The Labute approximate surface area is 127 Å². The molecule has 0 amide bonds. The largest absolute Gasteiger partial charge is 0.206 e. The van der Waals surface area contributed by atoms with Crippen LogP contribution < -0.4 is 0 Å². The molecule has 0 saturated carbocycles. The minimum absolute atomic E-state index is 0.250. The average molecular weight is 298 g/mol. The molecule has 0 aliphatic heterocycles. The SMILES string of the molecule is Fc1cc(-c2ccc(S)cc2)c(F)cc1-c1ccccc1. The van der Waals surface area contributed by atoms with Gasteiger partial charge in [-0.05, 0) is 35.4 Å². The summed E-state index contributed by atoms with van der Waals surface area (Å²) in [6.45, 7) is 0. The normalized spacial score (nSPS) is 10.6. The predicted octanol–water partition coefficient (Wildman–Crippen LogP) is 5.59. The number of thiol groups is 1. The van der Waals surface area contributed by atoms with E-state index in [9.17, 15) is 8.78 Å². The lowest BCUT2D eigenvalue weighted by Gasteiger charge is -2.09. The van der Waals surface area contributed by atoms with Crippen molar-refractivity contribution in [1.82, 2.24) is 0 Å². The van der Waals surface area contributed by atoms with Crippen molar-refractivity contribution in [2.24, 2.45) is 0 Å². The first-order valence-corrected chi connectivity index (χ1v) is 6.94. The standard InChI is InChI=1S/C18H12F2S/c19-17-11-16(13-6-8-14(21)9-7-13)18(20)10-15(17)12-4-2-1-3-5-12/h1-11,21H. The van der Waals surface area contributed by atoms with Crippen LogP contribution in [0.25, 0.3) is 22.3 Å². The molecule has 0 aliphatic rings. The molecular formula is C18H12F2S. The van der Waals surface area contributed by atoms with Crippen molar-refractivity contribution in [3.05, 3.63) is 78.4 Å². The fraction of sp³-hybridized carbons (Fsp3) is 0. The van der Waals surface area contributed by atoms with Crippen LogP contribution in [0, 0.1) is 11.6 Å². The summed E-state index contributed by atoms with van der Waals surface area (Å²) in [5.41, 5.74) is 1.80. The van der Waals surface area contributed by atoms with Crippen LogP contribution in [-0.2, 0) is 0 Å². The summed E-state index contributed by atoms with van der Waals surface area (Å²) < 4.78 is 28.6. The zero-order valence-electron chi connectivity index (χ0n) is 11.1. The fourth-order valence-corrected chi connectivity index (χ4v) is 2.40. The van der Waals surface area contributed by atoms with Crippen LogP contribution >= 0.6 is 12.6 Å². The van der Waals surface area contributed by atoms with Crippen molar-refractivity contribution in [3.8, 4) is 22.3 Å². The van der Waals surface area contributed by atoms with Gasteiger partial charge in [0.15, 0.2) is 0 Å². The first-order valence-electron chi connectivity index (χ1n) is 6.49. The Balaban J connectivity index is 2.10. The molecule has 104 valence electrons. The monoisotopic (exact) mass is 298 g/mol. The van der Waals surface area contributed by atoms with Gasteiger partial charge in [-0.3, -0.25) is 0 Å². The van der Waals surface area contributed by atoms with Crippen molar-refractivity contribution in [1.29, 1.82) is 0 Å². The van der Waals surface area contributed by atoms with E-state index in [2.05, 4.69) is 12.6 Å². The van der Waals surface area contributed by atoms with E-state index in [1.165, 1.54) is 12.1 Å². The molecule has 21 heavy (non-hydrogen) atoms. The molecule has 0 spiro atoms. The Morgan fingerprint density at radius 2 is 1.10 bits per heavy atom. The molecule has 3 rings (SSSR count). The van der Waals surface area contributed by atoms with Gasteiger partial charge in [0.25, 0.3) is 0 Å². The minimum Gasteiger partial charge on any atom is -0.206 e. The molecule has 0 saturated heterocycles. The van der Waals surface area contributed by atoms with Crippen LogP contribution in [0.15, 0.2) is 71.6 Å². The Bertz CT molecular complexity index is 765. The lowest BCUT2D eigenvalue weighted by molar-refractivity contribution is 0.606. The van der Waals surface area contributed by atoms with Crippen LogP contribution in [0.1, 0.15) is 0 Å². The van der Waals surface area contributed by atoms with E-state index < -0.39 is 11.6 Å². The van der Waals surface area contributed by atoms with Gasteiger partial charge < -0.3 is 0 Å². The van der Waals surface area contributed by atoms with Gasteiger partial charge in [-0.15, -0.1) is 12.6 Å². The number of hydrogen-bond acceptors (Lipinski definition) is 1. The molecule has 0 N–H and O–H groups in total. The molecule has 0 bridgehead atoms. The minimum atomic E-state index is -0.442. The number of benzene rings is 3. The molecule has 0 aliphatic carbocycles. The molecule has 0 atom stereocenters. The average Bonchev–Trinajstić information content (AvgIpc) is 2.51.